The molecule has 0 aliphatic heterocycles. The minimum Gasteiger partial charge on any atom is -0.480 e. The number of alkyl carbamates (subject to hydrolysis) is 1. The molecule has 1 unspecified atom stereocenters. The fourth-order valence-corrected chi connectivity index (χ4v) is 2.96. The Labute approximate surface area is 154 Å². The first-order valence-electron chi connectivity index (χ1n) is 8.68. The lowest BCUT2D eigenvalue weighted by molar-refractivity contribution is -0.139. The van der Waals surface area contributed by atoms with Crippen molar-refractivity contribution in [1.82, 2.24) is 10.2 Å². The maximum atomic E-state index is 12.1. The van der Waals surface area contributed by atoms with E-state index in [-0.39, 0.29) is 12.3 Å². The number of nitrogens with one attached hydrogen (secondary N) is 1. The van der Waals surface area contributed by atoms with Crippen LogP contribution in [0.15, 0.2) is 0 Å². The van der Waals surface area contributed by atoms with E-state index >= 15 is 0 Å². The number of carbonyl (C=O) groups is 3. The zero-order valence-electron chi connectivity index (χ0n) is 16.0. The van der Waals surface area contributed by atoms with E-state index in [1.54, 1.807) is 20.8 Å². The van der Waals surface area contributed by atoms with Crippen molar-refractivity contribution in [3.8, 4) is 0 Å². The molecule has 0 saturated heterocycles. The minimum atomic E-state index is -1.11. The van der Waals surface area contributed by atoms with Crippen LogP contribution >= 0.6 is 11.8 Å². The molecule has 0 aromatic rings. The number of hydrogen-bond acceptors (Lipinski definition) is 5. The first-order chi connectivity index (χ1) is 11.6. The molecule has 0 aromatic heterocycles. The van der Waals surface area contributed by atoms with Gasteiger partial charge in [-0.15, -0.1) is 0 Å². The summed E-state index contributed by atoms with van der Waals surface area (Å²) in [5, 5.41) is 11.6. The van der Waals surface area contributed by atoms with E-state index in [1.165, 1.54) is 11.8 Å². The molecule has 7 nitrogen and oxygen atoms in total. The number of ether oxygens (including phenoxy) is 1. The highest BCUT2D eigenvalue weighted by Gasteiger charge is 2.23. The number of hydrogen-bond donors (Lipinski definition) is 2. The maximum absolute atomic E-state index is 12.1. The van der Waals surface area contributed by atoms with E-state index in [1.807, 2.05) is 18.7 Å². The lowest BCUT2D eigenvalue weighted by Crippen LogP contribution is -2.43. The van der Waals surface area contributed by atoms with Crippen molar-refractivity contribution < 1.29 is 24.2 Å². The van der Waals surface area contributed by atoms with Gasteiger partial charge in [0, 0.05) is 13.1 Å². The predicted molar refractivity (Wildman–Crippen MR) is 99.9 cm³/mol. The van der Waals surface area contributed by atoms with Crippen LogP contribution < -0.4 is 5.32 Å². The number of rotatable bonds is 11. The van der Waals surface area contributed by atoms with Crippen LogP contribution in [0.25, 0.3) is 0 Å². The lowest BCUT2D eigenvalue weighted by Gasteiger charge is -2.22. The number of carbonyl (C=O) groups excluding carboxylic acids is 2. The van der Waals surface area contributed by atoms with Gasteiger partial charge in [-0.1, -0.05) is 13.8 Å². The molecule has 25 heavy (non-hydrogen) atoms. The molecule has 2 N–H and O–H groups in total. The molecule has 0 aromatic carbocycles. The number of aliphatic carboxylic acids is 1. The lowest BCUT2D eigenvalue weighted by atomic mass is 10.2. The number of carboxylic acids is 1. The monoisotopic (exact) mass is 376 g/mol. The molecule has 0 saturated carbocycles. The first-order valence-corrected chi connectivity index (χ1v) is 9.84. The van der Waals surface area contributed by atoms with Gasteiger partial charge in [-0.05, 0) is 45.8 Å². The first kappa shape index (κ1) is 23.6. The molecule has 1 atom stereocenters. The maximum Gasteiger partial charge on any atom is 0.408 e. The summed E-state index contributed by atoms with van der Waals surface area (Å²) in [6.07, 6.45) is 1.31. The molecule has 0 spiro atoms. The van der Waals surface area contributed by atoms with Gasteiger partial charge in [0.15, 0.2) is 0 Å². The van der Waals surface area contributed by atoms with E-state index in [0.717, 1.165) is 25.9 Å². The Hall–Kier alpha value is -1.44. The van der Waals surface area contributed by atoms with Crippen molar-refractivity contribution in [2.24, 2.45) is 0 Å². The minimum absolute atomic E-state index is 0.0701. The summed E-state index contributed by atoms with van der Waals surface area (Å²) in [4.78, 5) is 36.9. The van der Waals surface area contributed by atoms with Crippen molar-refractivity contribution >= 4 is 29.7 Å². The third-order valence-corrected chi connectivity index (χ3v) is 4.08. The second-order valence-corrected chi connectivity index (χ2v) is 7.86. The van der Waals surface area contributed by atoms with Crippen molar-refractivity contribution in [1.29, 1.82) is 0 Å². The van der Waals surface area contributed by atoms with Crippen molar-refractivity contribution in [2.45, 2.75) is 65.5 Å². The normalized spacial score (nSPS) is 12.4. The van der Waals surface area contributed by atoms with Gasteiger partial charge in [0.2, 0.25) is 5.91 Å². The Bertz CT molecular complexity index is 431. The molecule has 2 amide bonds. The van der Waals surface area contributed by atoms with Gasteiger partial charge in [-0.25, -0.2) is 9.59 Å². The summed E-state index contributed by atoms with van der Waals surface area (Å²) >= 11 is 1.38. The van der Waals surface area contributed by atoms with Crippen LogP contribution in [-0.2, 0) is 14.3 Å². The van der Waals surface area contributed by atoms with Gasteiger partial charge < -0.3 is 20.1 Å². The van der Waals surface area contributed by atoms with Crippen molar-refractivity contribution in [3.63, 3.8) is 0 Å². The van der Waals surface area contributed by atoms with Gasteiger partial charge >= 0.3 is 12.1 Å². The zero-order chi connectivity index (χ0) is 19.5. The largest absolute Gasteiger partial charge is 0.480 e. The quantitative estimate of drug-likeness (QED) is 0.538. The Morgan fingerprint density at radius 1 is 1.16 bits per heavy atom. The number of amides is 2. The zero-order valence-corrected chi connectivity index (χ0v) is 16.8. The van der Waals surface area contributed by atoms with Gasteiger partial charge in [-0.3, -0.25) is 4.79 Å². The van der Waals surface area contributed by atoms with E-state index in [0.29, 0.717) is 11.5 Å². The van der Waals surface area contributed by atoms with Gasteiger partial charge in [-0.2, -0.15) is 11.8 Å². The third kappa shape index (κ3) is 11.7. The van der Waals surface area contributed by atoms with Crippen LogP contribution in [0.2, 0.25) is 0 Å². The second-order valence-electron chi connectivity index (χ2n) is 6.76. The molecular weight excluding hydrogens is 344 g/mol. The Morgan fingerprint density at radius 3 is 2.16 bits per heavy atom. The molecule has 0 radical (unpaired) electrons. The highest BCUT2D eigenvalue weighted by Crippen LogP contribution is 2.10. The van der Waals surface area contributed by atoms with Crippen LogP contribution in [0.4, 0.5) is 4.79 Å². The fraction of sp³-hybridized carbons (Fsp3) is 0.824. The SMILES string of the molecule is CCCN(CCC)C(=O)CSCCC(NC(=O)OC(C)(C)C)C(=O)O. The Morgan fingerprint density at radius 2 is 1.72 bits per heavy atom. The van der Waals surface area contributed by atoms with Crippen LogP contribution in [-0.4, -0.2) is 64.2 Å². The van der Waals surface area contributed by atoms with E-state index < -0.39 is 23.7 Å². The summed E-state index contributed by atoms with van der Waals surface area (Å²) in [5.41, 5.74) is -0.684. The molecule has 0 fully saturated rings. The van der Waals surface area contributed by atoms with Crippen molar-refractivity contribution in [3.05, 3.63) is 0 Å². The molecule has 8 heteroatoms. The Balaban J connectivity index is 4.30. The fourth-order valence-electron chi connectivity index (χ4n) is 2.06. The molecule has 0 heterocycles. The highest BCUT2D eigenvalue weighted by atomic mass is 32.2. The summed E-state index contributed by atoms with van der Waals surface area (Å²) in [6, 6.07) is -1.03. The summed E-state index contributed by atoms with van der Waals surface area (Å²) in [7, 11) is 0. The van der Waals surface area contributed by atoms with Gasteiger partial charge in [0.05, 0.1) is 5.75 Å². The predicted octanol–water partition coefficient (Wildman–Crippen LogP) is 2.74. The van der Waals surface area contributed by atoms with Gasteiger partial charge in [0.25, 0.3) is 0 Å². The smallest absolute Gasteiger partial charge is 0.408 e. The molecule has 0 rings (SSSR count). The van der Waals surface area contributed by atoms with Crippen molar-refractivity contribution in [2.75, 3.05) is 24.6 Å². The summed E-state index contributed by atoms with van der Waals surface area (Å²) in [6.45, 7) is 10.7. The third-order valence-electron chi connectivity index (χ3n) is 3.11. The molecule has 0 aliphatic carbocycles. The second kappa shape index (κ2) is 12.0. The van der Waals surface area contributed by atoms with E-state index in [2.05, 4.69) is 5.32 Å². The molecular formula is C17H32N2O5S. The molecule has 0 aliphatic rings. The number of carboxylic acid groups (broad SMARTS) is 1. The Kier molecular flexibility index (Phi) is 11.3. The topological polar surface area (TPSA) is 95.9 Å². The van der Waals surface area contributed by atoms with Crippen LogP contribution in [0, 0.1) is 0 Å². The van der Waals surface area contributed by atoms with Crippen LogP contribution in [0.3, 0.4) is 0 Å². The number of nitrogens with zero attached hydrogens (tertiary/aromatic N) is 1. The average Bonchev–Trinajstić information content (AvgIpc) is 2.47. The average molecular weight is 377 g/mol. The molecule has 0 bridgehead atoms. The van der Waals surface area contributed by atoms with E-state index in [9.17, 15) is 19.5 Å². The summed E-state index contributed by atoms with van der Waals surface area (Å²) in [5.74, 6) is -0.263. The van der Waals surface area contributed by atoms with Crippen LogP contribution in [0.1, 0.15) is 53.9 Å². The standard InChI is InChI=1S/C17H32N2O5S/c1-6-9-19(10-7-2)14(20)12-25-11-8-13(15(21)22)18-16(23)24-17(3,4)5/h13H,6-12H2,1-5H3,(H,18,23)(H,21,22). The van der Waals surface area contributed by atoms with Gasteiger partial charge in [0.1, 0.15) is 11.6 Å². The van der Waals surface area contributed by atoms with E-state index in [4.69, 9.17) is 4.74 Å². The molecule has 146 valence electrons. The summed E-state index contributed by atoms with van der Waals surface area (Å²) < 4.78 is 5.07. The van der Waals surface area contributed by atoms with Crippen LogP contribution in [0.5, 0.6) is 0 Å². The number of thioether (sulfide) groups is 1. The highest BCUT2D eigenvalue weighted by molar-refractivity contribution is 7.99.